The van der Waals surface area contributed by atoms with E-state index >= 15 is 0 Å². The highest BCUT2D eigenvalue weighted by Gasteiger charge is 2.30. The highest BCUT2D eigenvalue weighted by Crippen LogP contribution is 2.30. The Labute approximate surface area is 70.4 Å². The third-order valence-electron chi connectivity index (χ3n) is 1.98. The van der Waals surface area contributed by atoms with Crippen molar-refractivity contribution in [1.29, 1.82) is 0 Å². The first-order chi connectivity index (χ1) is 5.83. The van der Waals surface area contributed by atoms with E-state index in [1.807, 2.05) is 6.92 Å². The normalized spacial score (nSPS) is 20.4. The van der Waals surface area contributed by atoms with Crippen LogP contribution in [0.4, 0.5) is 0 Å². The highest BCUT2D eigenvalue weighted by molar-refractivity contribution is 5.93. The van der Waals surface area contributed by atoms with Crippen LogP contribution in [0.1, 0.15) is 35.5 Å². The van der Waals surface area contributed by atoms with Gasteiger partial charge in [0.1, 0.15) is 6.10 Å². The summed E-state index contributed by atoms with van der Waals surface area (Å²) in [5.41, 5.74) is 1.40. The maximum Gasteiger partial charge on any atom is 0.340 e. The number of aromatic nitrogens is 1. The van der Waals surface area contributed by atoms with E-state index < -0.39 is 0 Å². The number of hydrogen-bond acceptors (Lipinski definition) is 3. The van der Waals surface area contributed by atoms with E-state index in [4.69, 9.17) is 4.74 Å². The number of carbonyl (C=O) groups excluding carboxylic acids is 1. The highest BCUT2D eigenvalue weighted by atomic mass is 16.5. The summed E-state index contributed by atoms with van der Waals surface area (Å²) >= 11 is 0. The lowest BCUT2D eigenvalue weighted by molar-refractivity contribution is 0.0373. The summed E-state index contributed by atoms with van der Waals surface area (Å²) in [7, 11) is 0. The van der Waals surface area contributed by atoms with Gasteiger partial charge in [0.15, 0.2) is 0 Å². The summed E-state index contributed by atoms with van der Waals surface area (Å²) in [6.45, 7) is 1.97. The number of carbonyl (C=O) groups is 1. The zero-order chi connectivity index (χ0) is 8.55. The first-order valence-electron chi connectivity index (χ1n) is 3.99. The van der Waals surface area contributed by atoms with Gasteiger partial charge >= 0.3 is 5.97 Å². The Bertz CT molecular complexity index is 322. The maximum atomic E-state index is 11.2. The average molecular weight is 163 g/mol. The molecule has 0 spiro atoms. The Kier molecular flexibility index (Phi) is 1.57. The van der Waals surface area contributed by atoms with Crippen LogP contribution in [0.15, 0.2) is 18.3 Å². The predicted molar refractivity (Wildman–Crippen MR) is 42.7 cm³/mol. The van der Waals surface area contributed by atoms with Gasteiger partial charge in [0.25, 0.3) is 0 Å². The first kappa shape index (κ1) is 7.28. The molecule has 0 radical (unpaired) electrons. The van der Waals surface area contributed by atoms with Gasteiger partial charge < -0.3 is 4.74 Å². The van der Waals surface area contributed by atoms with Crippen molar-refractivity contribution in [3.63, 3.8) is 0 Å². The molecule has 0 amide bonds. The van der Waals surface area contributed by atoms with Gasteiger partial charge in [0, 0.05) is 6.20 Å². The molecular formula is C9H9NO2. The molecule has 0 saturated heterocycles. The first-order valence-corrected chi connectivity index (χ1v) is 3.99. The summed E-state index contributed by atoms with van der Waals surface area (Å²) in [5.74, 6) is -0.245. The molecular weight excluding hydrogens is 154 g/mol. The third-order valence-corrected chi connectivity index (χ3v) is 1.98. The third kappa shape index (κ3) is 0.897. The molecule has 2 heterocycles. The van der Waals surface area contributed by atoms with Crippen molar-refractivity contribution in [2.75, 3.05) is 0 Å². The van der Waals surface area contributed by atoms with Crippen LogP contribution >= 0.6 is 0 Å². The fourth-order valence-electron chi connectivity index (χ4n) is 1.37. The van der Waals surface area contributed by atoms with Crippen LogP contribution in [-0.4, -0.2) is 11.0 Å². The van der Waals surface area contributed by atoms with E-state index in [0.29, 0.717) is 5.56 Å². The van der Waals surface area contributed by atoms with Crippen LogP contribution in [0.2, 0.25) is 0 Å². The second-order valence-corrected chi connectivity index (χ2v) is 2.74. The number of hydrogen-bond donors (Lipinski definition) is 0. The van der Waals surface area contributed by atoms with Crippen LogP contribution in [-0.2, 0) is 4.74 Å². The number of nitrogens with zero attached hydrogens (tertiary/aromatic N) is 1. The number of rotatable bonds is 1. The van der Waals surface area contributed by atoms with Crippen LogP contribution in [0.3, 0.4) is 0 Å². The van der Waals surface area contributed by atoms with Crippen molar-refractivity contribution in [3.05, 3.63) is 29.6 Å². The van der Waals surface area contributed by atoms with Gasteiger partial charge in [-0.05, 0) is 18.6 Å². The number of cyclic esters (lactones) is 1. The summed E-state index contributed by atoms with van der Waals surface area (Å²) in [6.07, 6.45) is 2.34. The molecule has 0 N–H and O–H groups in total. The molecule has 0 saturated carbocycles. The van der Waals surface area contributed by atoms with Crippen molar-refractivity contribution in [1.82, 2.24) is 4.98 Å². The lowest BCUT2D eigenvalue weighted by Crippen LogP contribution is -1.96. The second-order valence-electron chi connectivity index (χ2n) is 2.74. The van der Waals surface area contributed by atoms with Crippen LogP contribution in [0, 0.1) is 0 Å². The molecule has 0 unspecified atom stereocenters. The summed E-state index contributed by atoms with van der Waals surface area (Å²) in [4.78, 5) is 15.3. The van der Waals surface area contributed by atoms with Crippen molar-refractivity contribution in [3.8, 4) is 0 Å². The van der Waals surface area contributed by atoms with Gasteiger partial charge in [0.2, 0.25) is 0 Å². The quantitative estimate of drug-likeness (QED) is 0.591. The zero-order valence-electron chi connectivity index (χ0n) is 6.78. The molecule has 1 aromatic heterocycles. The van der Waals surface area contributed by atoms with E-state index in [2.05, 4.69) is 4.98 Å². The van der Waals surface area contributed by atoms with E-state index in [9.17, 15) is 4.79 Å². The molecule has 1 aliphatic rings. The maximum absolute atomic E-state index is 11.2. The molecule has 0 bridgehead atoms. The molecule has 0 aliphatic carbocycles. The minimum atomic E-state index is -0.245. The summed E-state index contributed by atoms with van der Waals surface area (Å²) < 4.78 is 5.08. The van der Waals surface area contributed by atoms with E-state index in [1.165, 1.54) is 0 Å². The van der Waals surface area contributed by atoms with Crippen LogP contribution < -0.4 is 0 Å². The SMILES string of the molecule is CC[C@@H]1OC(=O)c2cccnc21. The molecule has 62 valence electrons. The summed E-state index contributed by atoms with van der Waals surface area (Å²) in [6, 6.07) is 3.50. The predicted octanol–water partition coefficient (Wildman–Crippen LogP) is 1.70. The van der Waals surface area contributed by atoms with Gasteiger partial charge in [-0.25, -0.2) is 4.79 Å². The molecule has 0 fully saturated rings. The van der Waals surface area contributed by atoms with Gasteiger partial charge in [-0.3, -0.25) is 4.98 Å². The largest absolute Gasteiger partial charge is 0.452 e. The van der Waals surface area contributed by atoms with Crippen LogP contribution in [0.5, 0.6) is 0 Å². The van der Waals surface area contributed by atoms with Crippen LogP contribution in [0.25, 0.3) is 0 Å². The Hall–Kier alpha value is -1.38. The Balaban J connectivity index is 2.50. The molecule has 12 heavy (non-hydrogen) atoms. The van der Waals surface area contributed by atoms with Crippen molar-refractivity contribution < 1.29 is 9.53 Å². The molecule has 1 aromatic rings. The topological polar surface area (TPSA) is 39.2 Å². The van der Waals surface area contributed by atoms with E-state index in [-0.39, 0.29) is 12.1 Å². The Morgan fingerprint density at radius 1 is 1.67 bits per heavy atom. The number of pyridine rings is 1. The standard InChI is InChI=1S/C9H9NO2/c1-2-7-8-6(9(11)12-7)4-3-5-10-8/h3-5,7H,2H2,1H3/t7-/m0/s1. The van der Waals surface area contributed by atoms with Crippen molar-refractivity contribution in [2.24, 2.45) is 0 Å². The molecule has 3 heteroatoms. The molecule has 1 atom stereocenters. The lowest BCUT2D eigenvalue weighted by Gasteiger charge is -2.04. The molecule has 3 nitrogen and oxygen atoms in total. The second kappa shape index (κ2) is 2.59. The fraction of sp³-hybridized carbons (Fsp3) is 0.333. The number of fused-ring (bicyclic) bond motifs is 1. The number of ether oxygens (including phenoxy) is 1. The average Bonchev–Trinajstić information content (AvgIpc) is 2.44. The summed E-state index contributed by atoms with van der Waals surface area (Å²) in [5, 5.41) is 0. The van der Waals surface area contributed by atoms with E-state index in [0.717, 1.165) is 12.1 Å². The molecule has 0 aromatic carbocycles. The van der Waals surface area contributed by atoms with Gasteiger partial charge in [-0.1, -0.05) is 6.92 Å². The van der Waals surface area contributed by atoms with E-state index in [1.54, 1.807) is 18.3 Å². The minimum Gasteiger partial charge on any atom is -0.452 e. The van der Waals surface area contributed by atoms with Gasteiger partial charge in [-0.15, -0.1) is 0 Å². The smallest absolute Gasteiger partial charge is 0.340 e. The Morgan fingerprint density at radius 3 is 3.25 bits per heavy atom. The molecule has 2 rings (SSSR count). The van der Waals surface area contributed by atoms with Gasteiger partial charge in [-0.2, -0.15) is 0 Å². The minimum absolute atomic E-state index is 0.131. The van der Waals surface area contributed by atoms with Crippen molar-refractivity contribution >= 4 is 5.97 Å². The Morgan fingerprint density at radius 2 is 2.50 bits per heavy atom. The fourth-order valence-corrected chi connectivity index (χ4v) is 1.37. The lowest BCUT2D eigenvalue weighted by atomic mass is 10.1. The molecule has 1 aliphatic heterocycles. The van der Waals surface area contributed by atoms with Crippen molar-refractivity contribution in [2.45, 2.75) is 19.4 Å². The number of esters is 1. The monoisotopic (exact) mass is 163 g/mol. The zero-order valence-corrected chi connectivity index (χ0v) is 6.78. The van der Waals surface area contributed by atoms with Gasteiger partial charge in [0.05, 0.1) is 11.3 Å².